The number of thiazole rings is 1. The van der Waals surface area contributed by atoms with E-state index in [4.69, 9.17) is 0 Å². The molecule has 1 aliphatic rings. The number of benzene rings is 3. The largest absolute Gasteiger partial charge is 0.573 e. The summed E-state index contributed by atoms with van der Waals surface area (Å²) in [7, 11) is 0. The zero-order valence-corrected chi connectivity index (χ0v) is 26.5. The highest BCUT2D eigenvalue weighted by atomic mass is 32.1. The molecule has 1 aliphatic heterocycles. The molecule has 1 saturated heterocycles. The van der Waals surface area contributed by atoms with Crippen molar-refractivity contribution in [2.24, 2.45) is 0 Å². The Morgan fingerprint density at radius 3 is 2.30 bits per heavy atom. The highest BCUT2D eigenvalue weighted by Crippen LogP contribution is 2.34. The van der Waals surface area contributed by atoms with Gasteiger partial charge in [0.15, 0.2) is 5.78 Å². The Morgan fingerprint density at radius 2 is 1.67 bits per heavy atom. The fraction of sp³-hybridized carbons (Fsp3) is 0.314. The third-order valence-electron chi connectivity index (χ3n) is 8.26. The Morgan fingerprint density at radius 1 is 1.00 bits per heavy atom. The summed E-state index contributed by atoms with van der Waals surface area (Å²) in [5, 5.41) is 2.56. The summed E-state index contributed by atoms with van der Waals surface area (Å²) in [4.78, 5) is 48.2. The number of hydrogen-bond acceptors (Lipinski definition) is 6. The maximum absolute atomic E-state index is 13.8. The van der Waals surface area contributed by atoms with Crippen molar-refractivity contribution in [1.29, 1.82) is 0 Å². The molecule has 4 aromatic rings. The Kier molecular flexibility index (Phi) is 9.91. The van der Waals surface area contributed by atoms with Crippen molar-refractivity contribution in [2.45, 2.75) is 51.9 Å². The van der Waals surface area contributed by atoms with Crippen LogP contribution in [0.4, 0.5) is 13.2 Å². The van der Waals surface area contributed by atoms with E-state index in [0.29, 0.717) is 60.4 Å². The van der Waals surface area contributed by atoms with E-state index in [1.165, 1.54) is 40.5 Å². The number of rotatable bonds is 9. The number of likely N-dealkylation sites (N-methyl/N-ethyl adjacent to an activating group) is 1. The molecule has 1 aromatic heterocycles. The van der Waals surface area contributed by atoms with Crippen molar-refractivity contribution >= 4 is 28.9 Å². The van der Waals surface area contributed by atoms with Gasteiger partial charge in [0, 0.05) is 36.5 Å². The number of alkyl halides is 3. The Hall–Kier alpha value is -4.51. The number of aromatic nitrogens is 1. The van der Waals surface area contributed by atoms with Crippen LogP contribution in [0, 0.1) is 6.92 Å². The molecule has 1 unspecified atom stereocenters. The molecule has 1 atom stereocenters. The smallest absolute Gasteiger partial charge is 0.406 e. The average molecular weight is 650 g/mol. The minimum atomic E-state index is -4.79. The van der Waals surface area contributed by atoms with Crippen LogP contribution in [-0.2, 0) is 0 Å². The minimum absolute atomic E-state index is 0.0755. The molecule has 240 valence electrons. The van der Waals surface area contributed by atoms with E-state index in [1.807, 2.05) is 32.0 Å². The predicted octanol–water partition coefficient (Wildman–Crippen LogP) is 7.77. The van der Waals surface area contributed by atoms with Crippen molar-refractivity contribution in [3.05, 3.63) is 106 Å². The number of hydrogen-bond donors (Lipinski definition) is 0. The number of piperidine rings is 1. The van der Waals surface area contributed by atoms with Gasteiger partial charge in [-0.3, -0.25) is 14.4 Å². The van der Waals surface area contributed by atoms with Gasteiger partial charge in [-0.25, -0.2) is 4.98 Å². The molecule has 46 heavy (non-hydrogen) atoms. The number of likely N-dealkylation sites (tertiary alicyclic amines) is 1. The van der Waals surface area contributed by atoms with Crippen LogP contribution in [0.2, 0.25) is 0 Å². The number of nitrogens with zero attached hydrogens (tertiary/aromatic N) is 3. The highest BCUT2D eigenvalue weighted by molar-refractivity contribution is 7.09. The zero-order chi connectivity index (χ0) is 33.0. The van der Waals surface area contributed by atoms with E-state index in [2.05, 4.69) is 9.72 Å². The summed E-state index contributed by atoms with van der Waals surface area (Å²) in [6.45, 7) is 6.74. The van der Waals surface area contributed by atoms with Crippen molar-refractivity contribution in [3.63, 3.8) is 0 Å². The first kappa shape index (κ1) is 32.9. The van der Waals surface area contributed by atoms with Gasteiger partial charge in [-0.05, 0) is 62.4 Å². The van der Waals surface area contributed by atoms with Gasteiger partial charge in [0.05, 0.1) is 16.6 Å². The number of ether oxygens (including phenoxy) is 1. The van der Waals surface area contributed by atoms with Crippen LogP contribution in [0.3, 0.4) is 0 Å². The fourth-order valence-electron chi connectivity index (χ4n) is 5.82. The summed E-state index contributed by atoms with van der Waals surface area (Å²) in [5.41, 5.74) is 3.37. The first-order valence-electron chi connectivity index (χ1n) is 15.1. The van der Waals surface area contributed by atoms with Gasteiger partial charge >= 0.3 is 6.36 Å². The second-order valence-corrected chi connectivity index (χ2v) is 12.1. The molecule has 11 heteroatoms. The van der Waals surface area contributed by atoms with Crippen LogP contribution >= 0.6 is 11.3 Å². The second kappa shape index (κ2) is 13.9. The van der Waals surface area contributed by atoms with Crippen LogP contribution < -0.4 is 4.74 Å². The van der Waals surface area contributed by atoms with E-state index < -0.39 is 12.4 Å². The summed E-state index contributed by atoms with van der Waals surface area (Å²) >= 11 is 1.41. The monoisotopic (exact) mass is 649 g/mol. The summed E-state index contributed by atoms with van der Waals surface area (Å²) in [6, 6.07) is 19.2. The fourth-order valence-corrected chi connectivity index (χ4v) is 6.78. The minimum Gasteiger partial charge on any atom is -0.406 e. The van der Waals surface area contributed by atoms with E-state index in [-0.39, 0.29) is 29.3 Å². The maximum Gasteiger partial charge on any atom is 0.573 e. The van der Waals surface area contributed by atoms with Crippen LogP contribution in [-0.4, -0.2) is 64.4 Å². The van der Waals surface area contributed by atoms with E-state index in [1.54, 1.807) is 47.5 Å². The molecule has 0 aliphatic carbocycles. The molecule has 2 amide bonds. The van der Waals surface area contributed by atoms with Gasteiger partial charge in [-0.15, -0.1) is 24.5 Å². The number of amides is 2. The number of carbonyl (C=O) groups is 3. The standard InChI is InChI=1S/C35H34F3N3O4S/c1-4-41(23(3)31(42)25-10-6-5-7-11-25)33(43)29-21-46-32(39-29)26-17-19-40(20-18-26)34(44)30-22(2)9-8-12-28(30)24-13-15-27(16-14-24)45-35(36,37)38/h5-16,21,23,26H,4,17-20H2,1-3H3. The van der Waals surface area contributed by atoms with Crippen molar-refractivity contribution in [1.82, 2.24) is 14.8 Å². The summed E-state index contributed by atoms with van der Waals surface area (Å²) in [5.74, 6) is -0.824. The number of ketones is 1. The second-order valence-electron chi connectivity index (χ2n) is 11.2. The zero-order valence-electron chi connectivity index (χ0n) is 25.7. The van der Waals surface area contributed by atoms with Gasteiger partial charge < -0.3 is 14.5 Å². The molecule has 3 aromatic carbocycles. The normalized spacial score (nSPS) is 14.5. The van der Waals surface area contributed by atoms with Crippen LogP contribution in [0.5, 0.6) is 5.75 Å². The quantitative estimate of drug-likeness (QED) is 0.173. The third kappa shape index (κ3) is 7.31. The average Bonchev–Trinajstić information content (AvgIpc) is 3.55. The molecular weight excluding hydrogens is 615 g/mol. The lowest BCUT2D eigenvalue weighted by molar-refractivity contribution is -0.274. The van der Waals surface area contributed by atoms with Gasteiger partial charge in [0.1, 0.15) is 11.4 Å². The lowest BCUT2D eigenvalue weighted by Crippen LogP contribution is -2.43. The number of Topliss-reactive ketones (excluding diaryl/α,β-unsaturated/α-hetero) is 1. The third-order valence-corrected chi connectivity index (χ3v) is 9.27. The number of halogens is 3. The van der Waals surface area contributed by atoms with Crippen LogP contribution in [0.1, 0.15) is 74.4 Å². The molecule has 2 heterocycles. The molecule has 0 radical (unpaired) electrons. The SMILES string of the molecule is CCN(C(=O)c1csc(C2CCN(C(=O)c3c(C)cccc3-c3ccc(OC(F)(F)F)cc3)CC2)n1)C(C)C(=O)c1ccccc1. The Bertz CT molecular complexity index is 1700. The van der Waals surface area contributed by atoms with Gasteiger partial charge in [0.25, 0.3) is 11.8 Å². The molecule has 5 rings (SSSR count). The summed E-state index contributed by atoms with van der Waals surface area (Å²) < 4.78 is 41.8. The molecule has 7 nitrogen and oxygen atoms in total. The lowest BCUT2D eigenvalue weighted by Gasteiger charge is -2.32. The maximum atomic E-state index is 13.8. The Labute approximate surface area is 269 Å². The van der Waals surface area contributed by atoms with Crippen LogP contribution in [0.25, 0.3) is 11.1 Å². The molecule has 1 fully saturated rings. The molecule has 0 N–H and O–H groups in total. The van der Waals surface area contributed by atoms with Crippen molar-refractivity contribution in [2.75, 3.05) is 19.6 Å². The molecule has 0 spiro atoms. The van der Waals surface area contributed by atoms with Crippen molar-refractivity contribution in [3.8, 4) is 16.9 Å². The first-order valence-corrected chi connectivity index (χ1v) is 16.0. The first-order chi connectivity index (χ1) is 22.0. The van der Waals surface area contributed by atoms with Gasteiger partial charge in [-0.2, -0.15) is 0 Å². The van der Waals surface area contributed by atoms with Gasteiger partial charge in [-0.1, -0.05) is 60.7 Å². The molecule has 0 bridgehead atoms. The topological polar surface area (TPSA) is 79.8 Å². The van der Waals surface area contributed by atoms with E-state index in [9.17, 15) is 27.6 Å². The molecular formula is C35H34F3N3O4S. The number of carbonyl (C=O) groups excluding carboxylic acids is 3. The lowest BCUT2D eigenvalue weighted by atomic mass is 9.93. The highest BCUT2D eigenvalue weighted by Gasteiger charge is 2.32. The summed E-state index contributed by atoms with van der Waals surface area (Å²) in [6.07, 6.45) is -3.46. The Balaban J connectivity index is 1.25. The van der Waals surface area contributed by atoms with Crippen molar-refractivity contribution < 1.29 is 32.3 Å². The van der Waals surface area contributed by atoms with E-state index >= 15 is 0 Å². The predicted molar refractivity (Wildman–Crippen MR) is 170 cm³/mol. The molecule has 0 saturated carbocycles. The number of aryl methyl sites for hydroxylation is 1. The van der Waals surface area contributed by atoms with E-state index in [0.717, 1.165) is 10.6 Å². The van der Waals surface area contributed by atoms with Crippen LogP contribution in [0.15, 0.2) is 78.2 Å². The van der Waals surface area contributed by atoms with Gasteiger partial charge in [0.2, 0.25) is 0 Å².